The molecule has 8 aliphatic rings. The molecule has 0 aromatic heterocycles. The molecule has 4 aliphatic heterocycles. The van der Waals surface area contributed by atoms with Gasteiger partial charge in [0, 0.05) is 0 Å². The molecule has 4 heterocycles. The highest BCUT2D eigenvalue weighted by atomic mass is 16.6. The largest absolute Gasteiger partial charge is 0.464 e. The fourth-order valence-electron chi connectivity index (χ4n) is 8.09. The molecule has 12 atom stereocenters. The van der Waals surface area contributed by atoms with Gasteiger partial charge in [-0.15, -0.1) is 0 Å². The second kappa shape index (κ2) is 12.1. The predicted octanol–water partition coefficient (Wildman–Crippen LogP) is 2.42. The lowest BCUT2D eigenvalue weighted by Crippen LogP contribution is -2.46. The van der Waals surface area contributed by atoms with E-state index in [1.54, 1.807) is 0 Å². The molecule has 0 bridgehead atoms. The predicted molar refractivity (Wildman–Crippen MR) is 150 cm³/mol. The van der Waals surface area contributed by atoms with E-state index in [1.165, 1.54) is 0 Å². The smallest absolute Gasteiger partial charge is 0.309 e. The summed E-state index contributed by atoms with van der Waals surface area (Å²) in [6.07, 6.45) is 9.80. The van der Waals surface area contributed by atoms with Gasteiger partial charge in [-0.05, 0) is 77.0 Å². The Kier molecular flexibility index (Phi) is 8.06. The molecule has 0 aromatic carbocycles. The monoisotopic (exact) mass is 632 g/mol. The minimum absolute atomic E-state index is 0.102. The zero-order chi connectivity index (χ0) is 30.7. The van der Waals surface area contributed by atoms with Gasteiger partial charge in [-0.25, -0.2) is 0 Å². The number of carbonyl (C=O) groups is 4. The summed E-state index contributed by atoms with van der Waals surface area (Å²) >= 11 is 0. The molecule has 4 aliphatic carbocycles. The zero-order valence-electron chi connectivity index (χ0n) is 25.6. The van der Waals surface area contributed by atoms with Gasteiger partial charge in [0.25, 0.3) is 0 Å². The van der Waals surface area contributed by atoms with Crippen molar-refractivity contribution in [2.45, 2.75) is 126 Å². The highest BCUT2D eigenvalue weighted by Gasteiger charge is 2.50. The van der Waals surface area contributed by atoms with Gasteiger partial charge < -0.3 is 37.9 Å². The van der Waals surface area contributed by atoms with Gasteiger partial charge in [0.2, 0.25) is 0 Å². The second-order valence-corrected chi connectivity index (χ2v) is 14.8. The Morgan fingerprint density at radius 1 is 0.400 bits per heavy atom. The topological polar surface area (TPSA) is 155 Å². The van der Waals surface area contributed by atoms with E-state index in [-0.39, 0.29) is 123 Å². The van der Waals surface area contributed by atoms with Crippen LogP contribution in [0.1, 0.15) is 77.0 Å². The molecular formula is C33H44O12. The van der Waals surface area contributed by atoms with Crippen LogP contribution < -0.4 is 0 Å². The maximum atomic E-state index is 13.2. The van der Waals surface area contributed by atoms with E-state index in [0.717, 1.165) is 25.7 Å². The first kappa shape index (κ1) is 30.1. The van der Waals surface area contributed by atoms with Crippen molar-refractivity contribution in [3.8, 4) is 0 Å². The third kappa shape index (κ3) is 6.89. The number of fused-ring (bicyclic) bond motifs is 4. The van der Waals surface area contributed by atoms with E-state index in [9.17, 15) is 19.2 Å². The van der Waals surface area contributed by atoms with Crippen molar-refractivity contribution >= 4 is 23.9 Å². The summed E-state index contributed by atoms with van der Waals surface area (Å²) in [4.78, 5) is 53.0. The average Bonchev–Trinajstić information content (AvgIpc) is 3.89. The van der Waals surface area contributed by atoms with Crippen LogP contribution in [-0.4, -0.2) is 99.1 Å². The van der Waals surface area contributed by atoms with Crippen molar-refractivity contribution in [2.75, 3.05) is 26.4 Å². The van der Waals surface area contributed by atoms with E-state index >= 15 is 0 Å². The Labute approximate surface area is 262 Å². The summed E-state index contributed by atoms with van der Waals surface area (Å²) in [6.45, 7) is -0.887. The number of ether oxygens (including phenoxy) is 8. The number of carbonyl (C=O) groups excluding carboxylic acids is 4. The molecule has 0 N–H and O–H groups in total. The van der Waals surface area contributed by atoms with Gasteiger partial charge >= 0.3 is 23.9 Å². The molecule has 0 amide bonds. The summed E-state index contributed by atoms with van der Waals surface area (Å²) < 4.78 is 45.9. The summed E-state index contributed by atoms with van der Waals surface area (Å²) in [5.74, 6) is -2.65. The molecule has 248 valence electrons. The number of esters is 4. The van der Waals surface area contributed by atoms with Crippen LogP contribution in [0.25, 0.3) is 0 Å². The van der Waals surface area contributed by atoms with Gasteiger partial charge in [0.15, 0.2) is 0 Å². The van der Waals surface area contributed by atoms with Gasteiger partial charge in [0.1, 0.15) is 31.8 Å². The normalized spacial score (nSPS) is 43.0. The SMILES string of the molecule is O=C(OCC(COC(=O)C1CCC2OC2C1)(COC(=O)C1CCC2OC2C1)COC(=O)C1CCC2OC2C1)C1CCC2OC2C1. The molecule has 0 radical (unpaired) electrons. The summed E-state index contributed by atoms with van der Waals surface area (Å²) in [5, 5.41) is 0. The average molecular weight is 633 g/mol. The van der Waals surface area contributed by atoms with Crippen LogP contribution in [0.5, 0.6) is 0 Å². The maximum Gasteiger partial charge on any atom is 0.309 e. The molecule has 12 unspecified atom stereocenters. The Hall–Kier alpha value is -2.28. The van der Waals surface area contributed by atoms with Gasteiger partial charge in [-0.1, -0.05) is 0 Å². The van der Waals surface area contributed by atoms with E-state index in [0.29, 0.717) is 51.4 Å². The highest BCUT2D eigenvalue weighted by Crippen LogP contribution is 2.43. The zero-order valence-corrected chi connectivity index (χ0v) is 25.6. The third-order valence-corrected chi connectivity index (χ3v) is 11.4. The molecule has 45 heavy (non-hydrogen) atoms. The van der Waals surface area contributed by atoms with E-state index in [2.05, 4.69) is 0 Å². The van der Waals surface area contributed by atoms with Crippen molar-refractivity contribution < 1.29 is 57.1 Å². The van der Waals surface area contributed by atoms with E-state index in [4.69, 9.17) is 37.9 Å². The molecular weight excluding hydrogens is 588 g/mol. The Morgan fingerprint density at radius 3 is 0.867 bits per heavy atom. The van der Waals surface area contributed by atoms with Crippen molar-refractivity contribution in [3.05, 3.63) is 0 Å². The standard InChI is InChI=1S/C33H44O12/c34-29(17-1-5-21-25(9-17)42-21)38-13-33(14-39-30(35)18-2-6-22-26(10-18)43-22,15-40-31(36)19-3-7-23-27(11-19)44-23)16-41-32(37)20-4-8-24-28(12-20)45-24/h17-28H,1-16H2. The molecule has 8 rings (SSSR count). The quantitative estimate of drug-likeness (QED) is 0.176. The van der Waals surface area contributed by atoms with Crippen LogP contribution in [0.4, 0.5) is 0 Å². The van der Waals surface area contributed by atoms with Crippen molar-refractivity contribution in [3.63, 3.8) is 0 Å². The third-order valence-electron chi connectivity index (χ3n) is 11.4. The lowest BCUT2D eigenvalue weighted by atomic mass is 9.87. The van der Waals surface area contributed by atoms with Crippen LogP contribution in [-0.2, 0) is 57.1 Å². The van der Waals surface area contributed by atoms with E-state index in [1.807, 2.05) is 0 Å². The first-order valence-corrected chi connectivity index (χ1v) is 17.1. The Balaban J connectivity index is 0.963. The number of epoxide rings is 4. The van der Waals surface area contributed by atoms with Gasteiger partial charge in [-0.3, -0.25) is 19.2 Å². The number of rotatable bonds is 12. The highest BCUT2D eigenvalue weighted by molar-refractivity contribution is 5.75. The van der Waals surface area contributed by atoms with Gasteiger partial charge in [-0.2, -0.15) is 0 Å². The lowest BCUT2D eigenvalue weighted by Gasteiger charge is -2.34. The molecule has 4 saturated carbocycles. The van der Waals surface area contributed by atoms with Crippen molar-refractivity contribution in [2.24, 2.45) is 29.1 Å². The van der Waals surface area contributed by atoms with Crippen LogP contribution >= 0.6 is 0 Å². The number of hydrogen-bond acceptors (Lipinski definition) is 12. The Morgan fingerprint density at radius 2 is 0.644 bits per heavy atom. The van der Waals surface area contributed by atoms with Crippen LogP contribution in [0.2, 0.25) is 0 Å². The van der Waals surface area contributed by atoms with Crippen molar-refractivity contribution in [1.29, 1.82) is 0 Å². The summed E-state index contributed by atoms with van der Waals surface area (Å²) in [5.41, 5.74) is -1.27. The van der Waals surface area contributed by atoms with Crippen LogP contribution in [0, 0.1) is 29.1 Å². The molecule has 4 saturated heterocycles. The van der Waals surface area contributed by atoms with E-state index < -0.39 is 5.41 Å². The fourth-order valence-corrected chi connectivity index (χ4v) is 8.09. The molecule has 12 heteroatoms. The minimum Gasteiger partial charge on any atom is -0.464 e. The first-order valence-electron chi connectivity index (χ1n) is 17.1. The minimum atomic E-state index is -1.27. The van der Waals surface area contributed by atoms with Crippen molar-refractivity contribution in [1.82, 2.24) is 0 Å². The molecule has 0 spiro atoms. The molecule has 12 nitrogen and oxygen atoms in total. The fraction of sp³-hybridized carbons (Fsp3) is 0.879. The second-order valence-electron chi connectivity index (χ2n) is 14.8. The first-order chi connectivity index (χ1) is 21.8. The van der Waals surface area contributed by atoms with Crippen LogP contribution in [0.15, 0.2) is 0 Å². The Bertz CT molecular complexity index is 1010. The summed E-state index contributed by atoms with van der Waals surface area (Å²) in [6, 6.07) is 0. The number of hydrogen-bond donors (Lipinski definition) is 0. The molecule has 0 aromatic rings. The summed E-state index contributed by atoms with van der Waals surface area (Å²) in [7, 11) is 0. The van der Waals surface area contributed by atoms with Gasteiger partial charge in [0.05, 0.1) is 72.5 Å². The molecule has 8 fully saturated rings. The maximum absolute atomic E-state index is 13.2. The van der Waals surface area contributed by atoms with Crippen LogP contribution in [0.3, 0.4) is 0 Å². The lowest BCUT2D eigenvalue weighted by molar-refractivity contribution is -0.177.